The lowest BCUT2D eigenvalue weighted by atomic mass is 10.2. The van der Waals surface area contributed by atoms with Crippen LogP contribution in [-0.4, -0.2) is 38.9 Å². The molecule has 4 nitrogen and oxygen atoms in total. The molecule has 1 aromatic rings. The number of likely N-dealkylation sites (N-methyl/N-ethyl adjacent to an activating group) is 1. The second-order valence-electron chi connectivity index (χ2n) is 4.01. The number of thiophene rings is 1. The summed E-state index contributed by atoms with van der Waals surface area (Å²) in [5.74, 6) is 0. The molecule has 1 saturated heterocycles. The number of hydrogen-bond acceptors (Lipinski definition) is 4. The summed E-state index contributed by atoms with van der Waals surface area (Å²) < 4.78 is 26.0. The van der Waals surface area contributed by atoms with E-state index in [1.54, 1.807) is 24.6 Å². The minimum Gasteiger partial charge on any atom is -0.313 e. The van der Waals surface area contributed by atoms with E-state index in [0.29, 0.717) is 16.8 Å². The summed E-state index contributed by atoms with van der Waals surface area (Å²) in [5.41, 5.74) is 0. The smallest absolute Gasteiger partial charge is 0.252 e. The van der Waals surface area contributed by atoms with Gasteiger partial charge in [0.25, 0.3) is 10.0 Å². The molecule has 0 spiro atoms. The average molecular weight is 260 g/mol. The van der Waals surface area contributed by atoms with E-state index in [0.717, 1.165) is 19.4 Å². The highest BCUT2D eigenvalue weighted by Crippen LogP contribution is 2.20. The Hall–Kier alpha value is -0.430. The van der Waals surface area contributed by atoms with Gasteiger partial charge < -0.3 is 5.32 Å². The van der Waals surface area contributed by atoms with Gasteiger partial charge >= 0.3 is 0 Å². The van der Waals surface area contributed by atoms with Gasteiger partial charge in [0, 0.05) is 19.6 Å². The fourth-order valence-corrected chi connectivity index (χ4v) is 4.30. The van der Waals surface area contributed by atoms with Gasteiger partial charge in [-0.15, -0.1) is 11.3 Å². The van der Waals surface area contributed by atoms with E-state index in [1.807, 2.05) is 0 Å². The first-order valence-corrected chi connectivity index (χ1v) is 7.66. The summed E-state index contributed by atoms with van der Waals surface area (Å²) in [5, 5.41) is 5.09. The molecule has 1 aromatic heterocycles. The summed E-state index contributed by atoms with van der Waals surface area (Å²) in [6.45, 7) is 1.55. The Morgan fingerprint density at radius 3 is 3.00 bits per heavy atom. The predicted octanol–water partition coefficient (Wildman–Crippen LogP) is 1.12. The van der Waals surface area contributed by atoms with Crippen LogP contribution in [0.25, 0.3) is 0 Å². The van der Waals surface area contributed by atoms with Gasteiger partial charge in [0.15, 0.2) is 0 Å². The quantitative estimate of drug-likeness (QED) is 0.882. The van der Waals surface area contributed by atoms with Crippen LogP contribution in [0, 0.1) is 0 Å². The molecule has 2 heterocycles. The van der Waals surface area contributed by atoms with Crippen molar-refractivity contribution in [1.82, 2.24) is 9.62 Å². The molecule has 1 fully saturated rings. The van der Waals surface area contributed by atoms with Gasteiger partial charge in [0.05, 0.1) is 0 Å². The Morgan fingerprint density at radius 2 is 2.44 bits per heavy atom. The fourth-order valence-electron chi connectivity index (χ4n) is 1.88. The summed E-state index contributed by atoms with van der Waals surface area (Å²) in [6, 6.07) is 3.72. The third kappa shape index (κ3) is 2.45. The molecule has 0 saturated carbocycles. The zero-order valence-electron chi connectivity index (χ0n) is 9.22. The molecule has 1 aliphatic rings. The Kier molecular flexibility index (Phi) is 3.63. The second kappa shape index (κ2) is 4.83. The van der Waals surface area contributed by atoms with Crippen LogP contribution in [0.2, 0.25) is 0 Å². The van der Waals surface area contributed by atoms with E-state index in [1.165, 1.54) is 15.6 Å². The second-order valence-corrected chi connectivity index (χ2v) is 7.23. The lowest BCUT2D eigenvalue weighted by Crippen LogP contribution is -2.38. The highest BCUT2D eigenvalue weighted by Gasteiger charge is 2.25. The molecule has 0 bridgehead atoms. The summed E-state index contributed by atoms with van der Waals surface area (Å²) >= 11 is 1.27. The van der Waals surface area contributed by atoms with Crippen LogP contribution >= 0.6 is 11.3 Å². The van der Waals surface area contributed by atoms with Gasteiger partial charge in [-0.25, -0.2) is 8.42 Å². The van der Waals surface area contributed by atoms with Crippen LogP contribution in [0.15, 0.2) is 21.7 Å². The summed E-state index contributed by atoms with van der Waals surface area (Å²) in [4.78, 5) is 0. The van der Waals surface area contributed by atoms with Crippen molar-refractivity contribution < 1.29 is 8.42 Å². The standard InChI is InChI=1S/C10H16N2O2S2/c1-12(8-9-4-2-6-11-9)16(13,14)10-5-3-7-15-10/h3,5,7,9,11H,2,4,6,8H2,1H3. The third-order valence-corrected chi connectivity index (χ3v) is 6.00. The number of rotatable bonds is 4. The minimum absolute atomic E-state index is 0.305. The Bertz CT molecular complexity index is 422. The monoisotopic (exact) mass is 260 g/mol. The van der Waals surface area contributed by atoms with E-state index < -0.39 is 10.0 Å². The summed E-state index contributed by atoms with van der Waals surface area (Å²) in [7, 11) is -1.62. The van der Waals surface area contributed by atoms with Crippen LogP contribution in [0.3, 0.4) is 0 Å². The van der Waals surface area contributed by atoms with Crippen LogP contribution in [0.1, 0.15) is 12.8 Å². The van der Waals surface area contributed by atoms with Crippen LogP contribution in [0.4, 0.5) is 0 Å². The van der Waals surface area contributed by atoms with Gasteiger partial charge in [-0.3, -0.25) is 0 Å². The maximum absolute atomic E-state index is 12.1. The molecule has 90 valence electrons. The van der Waals surface area contributed by atoms with Gasteiger partial charge in [-0.1, -0.05) is 6.07 Å². The van der Waals surface area contributed by atoms with Crippen molar-refractivity contribution in [3.63, 3.8) is 0 Å². The van der Waals surface area contributed by atoms with E-state index in [2.05, 4.69) is 5.32 Å². The average Bonchev–Trinajstić information content (AvgIpc) is 2.89. The maximum Gasteiger partial charge on any atom is 0.252 e. The SMILES string of the molecule is CN(CC1CCCN1)S(=O)(=O)c1cccs1. The predicted molar refractivity (Wildman–Crippen MR) is 65.2 cm³/mol. The van der Waals surface area contributed by atoms with E-state index in [9.17, 15) is 8.42 Å². The highest BCUT2D eigenvalue weighted by molar-refractivity contribution is 7.91. The number of nitrogens with one attached hydrogen (secondary N) is 1. The van der Waals surface area contributed by atoms with E-state index in [4.69, 9.17) is 0 Å². The zero-order valence-corrected chi connectivity index (χ0v) is 10.9. The van der Waals surface area contributed by atoms with Crippen molar-refractivity contribution in [3.05, 3.63) is 17.5 Å². The fraction of sp³-hybridized carbons (Fsp3) is 0.600. The molecule has 1 N–H and O–H groups in total. The number of sulfonamides is 1. The Morgan fingerprint density at radius 1 is 1.62 bits per heavy atom. The first-order chi connectivity index (χ1) is 7.60. The molecular weight excluding hydrogens is 244 g/mol. The van der Waals surface area contributed by atoms with Crippen molar-refractivity contribution in [1.29, 1.82) is 0 Å². The topological polar surface area (TPSA) is 49.4 Å². The Balaban J connectivity index is 2.06. The first-order valence-electron chi connectivity index (χ1n) is 5.34. The molecular formula is C10H16N2O2S2. The van der Waals surface area contributed by atoms with Crippen LogP contribution in [0.5, 0.6) is 0 Å². The first kappa shape index (κ1) is 12.0. The lowest BCUT2D eigenvalue weighted by Gasteiger charge is -2.20. The van der Waals surface area contributed by atoms with Crippen LogP contribution in [-0.2, 0) is 10.0 Å². The molecule has 6 heteroatoms. The molecule has 0 amide bonds. The van der Waals surface area contributed by atoms with Crippen molar-refractivity contribution in [2.24, 2.45) is 0 Å². The molecule has 0 aromatic carbocycles. The van der Waals surface area contributed by atoms with Gasteiger partial charge in [-0.05, 0) is 30.8 Å². The molecule has 1 aliphatic heterocycles. The molecule has 2 rings (SSSR count). The maximum atomic E-state index is 12.1. The molecule has 1 unspecified atom stereocenters. The largest absolute Gasteiger partial charge is 0.313 e. The minimum atomic E-state index is -3.27. The van der Waals surface area contributed by atoms with Gasteiger partial charge in [-0.2, -0.15) is 4.31 Å². The van der Waals surface area contributed by atoms with Crippen molar-refractivity contribution in [2.75, 3.05) is 20.1 Å². The van der Waals surface area contributed by atoms with Crippen molar-refractivity contribution >= 4 is 21.4 Å². The molecule has 1 atom stereocenters. The highest BCUT2D eigenvalue weighted by atomic mass is 32.2. The third-order valence-electron chi connectivity index (χ3n) is 2.80. The molecule has 0 radical (unpaired) electrons. The zero-order chi connectivity index (χ0) is 11.6. The Labute approximate surface area is 100 Å². The number of hydrogen-bond donors (Lipinski definition) is 1. The van der Waals surface area contributed by atoms with Crippen LogP contribution < -0.4 is 5.32 Å². The van der Waals surface area contributed by atoms with E-state index >= 15 is 0 Å². The van der Waals surface area contributed by atoms with Gasteiger partial charge in [0.2, 0.25) is 0 Å². The lowest BCUT2D eigenvalue weighted by molar-refractivity contribution is 0.418. The normalized spacial score (nSPS) is 21.8. The van der Waals surface area contributed by atoms with E-state index in [-0.39, 0.29) is 0 Å². The van der Waals surface area contributed by atoms with Gasteiger partial charge in [0.1, 0.15) is 4.21 Å². The van der Waals surface area contributed by atoms with Crippen molar-refractivity contribution in [3.8, 4) is 0 Å². The van der Waals surface area contributed by atoms with Crippen molar-refractivity contribution in [2.45, 2.75) is 23.1 Å². The number of nitrogens with zero attached hydrogens (tertiary/aromatic N) is 1. The summed E-state index contributed by atoms with van der Waals surface area (Å²) in [6.07, 6.45) is 2.20. The molecule has 0 aliphatic carbocycles. The molecule has 16 heavy (non-hydrogen) atoms.